The Morgan fingerprint density at radius 3 is 3.12 bits per heavy atom. The molecule has 0 spiro atoms. The molecule has 2 rings (SSSR count). The highest BCUT2D eigenvalue weighted by atomic mass is 32.1. The van der Waals surface area contributed by atoms with Crippen molar-refractivity contribution >= 4 is 23.0 Å². The minimum Gasteiger partial charge on any atom is -0.389 e. The molecule has 0 saturated carbocycles. The third kappa shape index (κ3) is 2.28. The Bertz CT molecular complexity index is 485. The second kappa shape index (κ2) is 4.62. The van der Waals surface area contributed by atoms with Gasteiger partial charge in [0.15, 0.2) is 11.6 Å². The molecule has 16 heavy (non-hydrogen) atoms. The SMILES string of the molecule is NC(=S)c1ccnnc1NCc1ncon1. The maximum Gasteiger partial charge on any atom is 0.213 e. The van der Waals surface area contributed by atoms with E-state index in [2.05, 4.69) is 30.2 Å². The molecule has 0 unspecified atom stereocenters. The summed E-state index contributed by atoms with van der Waals surface area (Å²) in [5, 5.41) is 14.2. The third-order valence-corrected chi connectivity index (χ3v) is 2.03. The van der Waals surface area contributed by atoms with Crippen molar-refractivity contribution in [3.8, 4) is 0 Å². The molecule has 0 fully saturated rings. The summed E-state index contributed by atoms with van der Waals surface area (Å²) in [7, 11) is 0. The largest absolute Gasteiger partial charge is 0.389 e. The fraction of sp³-hybridized carbons (Fsp3) is 0.125. The van der Waals surface area contributed by atoms with Crippen LogP contribution in [-0.2, 0) is 6.54 Å². The molecule has 2 aromatic rings. The highest BCUT2D eigenvalue weighted by Crippen LogP contribution is 2.10. The van der Waals surface area contributed by atoms with Crippen LogP contribution in [0, 0.1) is 0 Å². The topological polar surface area (TPSA) is 103 Å². The van der Waals surface area contributed by atoms with Crippen LogP contribution >= 0.6 is 12.2 Å². The van der Waals surface area contributed by atoms with Crippen LogP contribution in [0.25, 0.3) is 0 Å². The Labute approximate surface area is 96.1 Å². The third-order valence-electron chi connectivity index (χ3n) is 1.81. The van der Waals surface area contributed by atoms with Gasteiger partial charge in [-0.1, -0.05) is 17.4 Å². The van der Waals surface area contributed by atoms with E-state index in [0.29, 0.717) is 23.8 Å². The number of hydrogen-bond acceptors (Lipinski definition) is 7. The molecule has 0 amide bonds. The first-order valence-corrected chi connectivity index (χ1v) is 4.79. The van der Waals surface area contributed by atoms with E-state index >= 15 is 0 Å². The van der Waals surface area contributed by atoms with Crippen molar-refractivity contribution in [3.63, 3.8) is 0 Å². The van der Waals surface area contributed by atoms with Gasteiger partial charge in [-0.3, -0.25) is 0 Å². The summed E-state index contributed by atoms with van der Waals surface area (Å²) in [6.45, 7) is 0.366. The predicted molar refractivity (Wildman–Crippen MR) is 59.5 cm³/mol. The quantitative estimate of drug-likeness (QED) is 0.721. The van der Waals surface area contributed by atoms with Crippen molar-refractivity contribution < 1.29 is 4.52 Å². The normalized spacial score (nSPS) is 10.0. The van der Waals surface area contributed by atoms with Gasteiger partial charge in [-0.25, -0.2) is 0 Å². The molecule has 0 aromatic carbocycles. The van der Waals surface area contributed by atoms with Gasteiger partial charge < -0.3 is 15.6 Å². The van der Waals surface area contributed by atoms with Crippen molar-refractivity contribution in [2.24, 2.45) is 5.73 Å². The van der Waals surface area contributed by atoms with Crippen LogP contribution in [0.4, 0.5) is 5.82 Å². The number of anilines is 1. The summed E-state index contributed by atoms with van der Waals surface area (Å²) in [6.07, 6.45) is 2.77. The Morgan fingerprint density at radius 2 is 2.44 bits per heavy atom. The van der Waals surface area contributed by atoms with Crippen molar-refractivity contribution in [3.05, 3.63) is 30.0 Å². The second-order valence-electron chi connectivity index (χ2n) is 2.86. The van der Waals surface area contributed by atoms with Crippen LogP contribution in [0.15, 0.2) is 23.2 Å². The van der Waals surface area contributed by atoms with Gasteiger partial charge in [0.2, 0.25) is 6.39 Å². The van der Waals surface area contributed by atoms with Gasteiger partial charge in [0.1, 0.15) is 4.99 Å². The van der Waals surface area contributed by atoms with Crippen molar-refractivity contribution in [2.75, 3.05) is 5.32 Å². The summed E-state index contributed by atoms with van der Waals surface area (Å²) in [5.41, 5.74) is 6.17. The molecule has 3 N–H and O–H groups in total. The number of thiocarbonyl (C=S) groups is 1. The summed E-state index contributed by atoms with van der Waals surface area (Å²) < 4.78 is 4.59. The molecule has 0 bridgehead atoms. The van der Waals surface area contributed by atoms with Gasteiger partial charge >= 0.3 is 0 Å². The van der Waals surface area contributed by atoms with E-state index in [-0.39, 0.29) is 4.99 Å². The van der Waals surface area contributed by atoms with Gasteiger partial charge in [-0.05, 0) is 6.07 Å². The molecule has 82 valence electrons. The molecule has 0 atom stereocenters. The molecule has 8 heteroatoms. The predicted octanol–water partition coefficient (Wildman–Crippen LogP) is 0.106. The maximum absolute atomic E-state index is 5.54. The van der Waals surface area contributed by atoms with Crippen molar-refractivity contribution in [1.82, 2.24) is 20.3 Å². The van der Waals surface area contributed by atoms with Gasteiger partial charge in [0, 0.05) is 0 Å². The maximum atomic E-state index is 5.54. The highest BCUT2D eigenvalue weighted by Gasteiger charge is 2.07. The van der Waals surface area contributed by atoms with Crippen LogP contribution in [0.5, 0.6) is 0 Å². The molecule has 7 nitrogen and oxygen atoms in total. The number of hydrogen-bond donors (Lipinski definition) is 2. The number of rotatable bonds is 4. The standard InChI is InChI=1S/C8H8N6OS/c9-7(16)5-1-2-12-13-8(5)10-3-6-11-4-15-14-6/h1-2,4H,3H2,(H2,9,16)(H,10,13). The van der Waals surface area contributed by atoms with Crippen LogP contribution in [0.3, 0.4) is 0 Å². The zero-order valence-electron chi connectivity index (χ0n) is 8.12. The Hall–Kier alpha value is -2.09. The van der Waals surface area contributed by atoms with Crippen LogP contribution in [0.1, 0.15) is 11.4 Å². The zero-order valence-corrected chi connectivity index (χ0v) is 8.94. The van der Waals surface area contributed by atoms with Crippen LogP contribution < -0.4 is 11.1 Å². The minimum atomic E-state index is 0.255. The fourth-order valence-electron chi connectivity index (χ4n) is 1.09. The smallest absolute Gasteiger partial charge is 0.213 e. The molecular weight excluding hydrogens is 228 g/mol. The number of nitrogens with two attached hydrogens (primary N) is 1. The number of aromatic nitrogens is 4. The first-order chi connectivity index (χ1) is 7.77. The summed E-state index contributed by atoms with van der Waals surface area (Å²) in [4.78, 5) is 4.11. The lowest BCUT2D eigenvalue weighted by atomic mass is 10.3. The number of nitrogens with one attached hydrogen (secondary N) is 1. The van der Waals surface area contributed by atoms with Gasteiger partial charge in [0.25, 0.3) is 0 Å². The first kappa shape index (κ1) is 10.4. The van der Waals surface area contributed by atoms with E-state index in [1.165, 1.54) is 12.6 Å². The summed E-state index contributed by atoms with van der Waals surface area (Å²) >= 11 is 4.88. The monoisotopic (exact) mass is 236 g/mol. The molecule has 0 aliphatic heterocycles. The molecule has 2 aromatic heterocycles. The van der Waals surface area contributed by atoms with Crippen LogP contribution in [-0.4, -0.2) is 25.3 Å². The molecular formula is C8H8N6OS. The van der Waals surface area contributed by atoms with Gasteiger partial charge in [-0.15, -0.1) is 5.10 Å². The average Bonchev–Trinajstić information content (AvgIpc) is 2.79. The van der Waals surface area contributed by atoms with E-state index in [9.17, 15) is 0 Å². The van der Waals surface area contributed by atoms with Crippen molar-refractivity contribution in [2.45, 2.75) is 6.54 Å². The Kier molecular flexibility index (Phi) is 3.01. The number of nitrogens with zero attached hydrogens (tertiary/aromatic N) is 4. The van der Waals surface area contributed by atoms with Gasteiger partial charge in [-0.2, -0.15) is 10.1 Å². The highest BCUT2D eigenvalue weighted by molar-refractivity contribution is 7.80. The first-order valence-electron chi connectivity index (χ1n) is 4.38. The molecule has 0 radical (unpaired) electrons. The molecule has 2 heterocycles. The lowest BCUT2D eigenvalue weighted by Gasteiger charge is -2.06. The van der Waals surface area contributed by atoms with E-state index < -0.39 is 0 Å². The molecule has 0 aliphatic rings. The fourth-order valence-corrected chi connectivity index (χ4v) is 1.26. The average molecular weight is 236 g/mol. The zero-order chi connectivity index (χ0) is 11.4. The lowest BCUT2D eigenvalue weighted by molar-refractivity contribution is 0.411. The van der Waals surface area contributed by atoms with E-state index in [1.54, 1.807) is 6.07 Å². The molecule has 0 aliphatic carbocycles. The van der Waals surface area contributed by atoms with Gasteiger partial charge in [0.05, 0.1) is 18.3 Å². The summed E-state index contributed by atoms with van der Waals surface area (Å²) in [6, 6.07) is 1.69. The second-order valence-corrected chi connectivity index (χ2v) is 3.30. The minimum absolute atomic E-state index is 0.255. The van der Waals surface area contributed by atoms with E-state index in [4.69, 9.17) is 18.0 Å². The van der Waals surface area contributed by atoms with Crippen molar-refractivity contribution in [1.29, 1.82) is 0 Å². The van der Waals surface area contributed by atoms with Crippen LogP contribution in [0.2, 0.25) is 0 Å². The lowest BCUT2D eigenvalue weighted by Crippen LogP contribution is -2.15. The molecule has 0 saturated heterocycles. The Balaban J connectivity index is 2.12. The Morgan fingerprint density at radius 1 is 1.56 bits per heavy atom. The van der Waals surface area contributed by atoms with E-state index in [1.807, 2.05) is 0 Å². The summed E-state index contributed by atoms with van der Waals surface area (Å²) in [5.74, 6) is 1.01. The van der Waals surface area contributed by atoms with E-state index in [0.717, 1.165) is 0 Å².